The Hall–Kier alpha value is -3.52. The molecule has 4 aromatic rings. The highest BCUT2D eigenvalue weighted by Crippen LogP contribution is 2.41. The number of nitrogens with one attached hydrogen (secondary N) is 1. The van der Waals surface area contributed by atoms with Gasteiger partial charge in [-0.2, -0.15) is 0 Å². The second-order valence-corrected chi connectivity index (χ2v) is 9.11. The van der Waals surface area contributed by atoms with Gasteiger partial charge in [-0.15, -0.1) is 0 Å². The quantitative estimate of drug-likeness (QED) is 0.513. The van der Waals surface area contributed by atoms with Gasteiger partial charge in [-0.05, 0) is 49.8 Å². The van der Waals surface area contributed by atoms with Crippen molar-refractivity contribution in [3.63, 3.8) is 0 Å². The molecule has 1 aromatic carbocycles. The number of hydrogen-bond donors (Lipinski definition) is 1. The fourth-order valence-electron chi connectivity index (χ4n) is 5.78. The summed E-state index contributed by atoms with van der Waals surface area (Å²) in [5, 5.41) is 0. The number of pyridine rings is 1. The maximum absolute atomic E-state index is 12.8. The molecule has 2 bridgehead atoms. The Morgan fingerprint density at radius 2 is 1.76 bits per heavy atom. The number of H-pyrrole nitrogens is 1. The molecule has 33 heavy (non-hydrogen) atoms. The first-order valence-electron chi connectivity index (χ1n) is 11.6. The van der Waals surface area contributed by atoms with Crippen LogP contribution in [-0.4, -0.2) is 47.6 Å². The first-order valence-corrected chi connectivity index (χ1v) is 11.6. The van der Waals surface area contributed by atoms with Crippen LogP contribution in [0.5, 0.6) is 0 Å². The third-order valence-electron chi connectivity index (χ3n) is 7.28. The lowest BCUT2D eigenvalue weighted by molar-refractivity contribution is 0.109. The molecular formula is C25H26N6O2. The van der Waals surface area contributed by atoms with Gasteiger partial charge in [-0.1, -0.05) is 30.3 Å². The molecule has 1 N–H and O–H groups in total. The van der Waals surface area contributed by atoms with Gasteiger partial charge in [0.1, 0.15) is 0 Å². The molecule has 3 aromatic heterocycles. The van der Waals surface area contributed by atoms with Gasteiger partial charge in [0.05, 0.1) is 18.2 Å². The summed E-state index contributed by atoms with van der Waals surface area (Å²) in [4.78, 5) is 39.0. The van der Waals surface area contributed by atoms with E-state index < -0.39 is 11.2 Å². The summed E-state index contributed by atoms with van der Waals surface area (Å²) in [5.41, 5.74) is 1.92. The number of aromatic amines is 1. The van der Waals surface area contributed by atoms with Crippen LogP contribution in [0.2, 0.25) is 0 Å². The largest absolute Gasteiger partial charge is 0.334 e. The van der Waals surface area contributed by atoms with E-state index >= 15 is 0 Å². The van der Waals surface area contributed by atoms with Gasteiger partial charge in [0.25, 0.3) is 5.56 Å². The van der Waals surface area contributed by atoms with Gasteiger partial charge >= 0.3 is 5.69 Å². The number of aromatic nitrogens is 5. The van der Waals surface area contributed by atoms with Crippen LogP contribution in [0.1, 0.15) is 37.3 Å². The minimum absolute atomic E-state index is 0.199. The Bertz CT molecular complexity index is 1380. The van der Waals surface area contributed by atoms with Gasteiger partial charge in [0, 0.05) is 30.9 Å². The van der Waals surface area contributed by atoms with E-state index in [4.69, 9.17) is 0 Å². The van der Waals surface area contributed by atoms with Gasteiger partial charge in [-0.25, -0.2) is 14.3 Å². The molecule has 2 unspecified atom stereocenters. The Morgan fingerprint density at radius 1 is 0.970 bits per heavy atom. The number of hydrogen-bond acceptors (Lipinski definition) is 5. The van der Waals surface area contributed by atoms with Crippen molar-refractivity contribution >= 4 is 11.2 Å². The van der Waals surface area contributed by atoms with Crippen molar-refractivity contribution in [1.29, 1.82) is 0 Å². The third-order valence-corrected chi connectivity index (χ3v) is 7.28. The first-order chi connectivity index (χ1) is 16.2. The summed E-state index contributed by atoms with van der Waals surface area (Å²) < 4.78 is 3.58. The predicted molar refractivity (Wildman–Crippen MR) is 126 cm³/mol. The van der Waals surface area contributed by atoms with E-state index in [1.807, 2.05) is 6.07 Å². The molecule has 0 radical (unpaired) electrons. The average molecular weight is 443 g/mol. The molecule has 2 atom stereocenters. The summed E-state index contributed by atoms with van der Waals surface area (Å²) >= 11 is 0. The Labute approximate surface area is 190 Å². The minimum atomic E-state index is -0.467. The summed E-state index contributed by atoms with van der Waals surface area (Å²) in [6.45, 7) is 1.07. The summed E-state index contributed by atoms with van der Waals surface area (Å²) in [6, 6.07) is 15.5. The summed E-state index contributed by atoms with van der Waals surface area (Å²) in [7, 11) is 0. The Morgan fingerprint density at radius 3 is 2.48 bits per heavy atom. The van der Waals surface area contributed by atoms with Crippen LogP contribution in [0.4, 0.5) is 0 Å². The predicted octanol–water partition coefficient (Wildman–Crippen LogP) is 2.68. The highest BCUT2D eigenvalue weighted by Gasteiger charge is 2.41. The van der Waals surface area contributed by atoms with Crippen molar-refractivity contribution in [3.8, 4) is 5.69 Å². The van der Waals surface area contributed by atoms with Crippen LogP contribution in [-0.2, 0) is 6.42 Å². The van der Waals surface area contributed by atoms with Crippen molar-refractivity contribution in [1.82, 2.24) is 29.0 Å². The third kappa shape index (κ3) is 3.51. The Balaban J connectivity index is 1.33. The lowest BCUT2D eigenvalue weighted by Crippen LogP contribution is -2.44. The second kappa shape index (κ2) is 8.12. The van der Waals surface area contributed by atoms with Gasteiger partial charge in [-0.3, -0.25) is 19.7 Å². The standard InChI is InChI=1S/C25H26N6O2/c32-23-22-24(31(25(33)28-23)20-7-4-11-26-15-20)30(16-27-22)21-13-18-8-9-19(14-21)29(18)12-10-17-5-2-1-3-6-17/h1-7,11,15-16,18-19,21H,8-10,12-14H2,(H,28,32,33). The number of rotatable bonds is 5. The van der Waals surface area contributed by atoms with Crippen LogP contribution in [0, 0.1) is 0 Å². The molecule has 8 nitrogen and oxygen atoms in total. The molecule has 2 saturated heterocycles. The molecule has 0 aliphatic carbocycles. The molecule has 0 spiro atoms. The highest BCUT2D eigenvalue weighted by molar-refractivity contribution is 5.72. The average Bonchev–Trinajstić information content (AvgIpc) is 3.37. The van der Waals surface area contributed by atoms with E-state index in [1.54, 1.807) is 24.8 Å². The van der Waals surface area contributed by atoms with Crippen molar-refractivity contribution in [2.45, 2.75) is 50.2 Å². The molecule has 2 aliphatic rings. The minimum Gasteiger partial charge on any atom is -0.313 e. The fourth-order valence-corrected chi connectivity index (χ4v) is 5.78. The van der Waals surface area contributed by atoms with E-state index in [0.29, 0.717) is 23.4 Å². The maximum atomic E-state index is 12.8. The molecule has 5 heterocycles. The van der Waals surface area contributed by atoms with Crippen LogP contribution >= 0.6 is 0 Å². The normalized spacial score (nSPS) is 22.7. The highest BCUT2D eigenvalue weighted by atomic mass is 16.2. The molecule has 2 fully saturated rings. The number of nitrogens with zero attached hydrogens (tertiary/aromatic N) is 5. The van der Waals surface area contributed by atoms with Crippen LogP contribution in [0.25, 0.3) is 16.9 Å². The van der Waals surface area contributed by atoms with E-state index in [-0.39, 0.29) is 11.6 Å². The lowest BCUT2D eigenvalue weighted by atomic mass is 9.96. The summed E-state index contributed by atoms with van der Waals surface area (Å²) in [6.07, 6.45) is 10.5. The monoisotopic (exact) mass is 442 g/mol. The number of benzene rings is 1. The van der Waals surface area contributed by atoms with E-state index in [0.717, 1.165) is 25.8 Å². The number of imidazole rings is 1. The maximum Gasteiger partial charge on any atom is 0.334 e. The van der Waals surface area contributed by atoms with Gasteiger partial charge < -0.3 is 4.57 Å². The van der Waals surface area contributed by atoms with Crippen LogP contribution in [0.15, 0.2) is 70.8 Å². The van der Waals surface area contributed by atoms with Crippen LogP contribution in [0.3, 0.4) is 0 Å². The molecular weight excluding hydrogens is 416 g/mol. The number of fused-ring (bicyclic) bond motifs is 3. The molecule has 0 amide bonds. The van der Waals surface area contributed by atoms with Crippen LogP contribution < -0.4 is 11.2 Å². The first kappa shape index (κ1) is 20.1. The topological polar surface area (TPSA) is 88.8 Å². The number of piperidine rings is 1. The van der Waals surface area contributed by atoms with Gasteiger partial charge in [0.15, 0.2) is 11.2 Å². The molecule has 8 heteroatoms. The van der Waals surface area contributed by atoms with E-state index in [2.05, 4.69) is 54.8 Å². The SMILES string of the molecule is O=c1[nH]c(=O)n(-c2cccnc2)c2c1ncn2C1CC2CCC(C1)N2CCc1ccccc1. The zero-order valence-electron chi connectivity index (χ0n) is 18.3. The fraction of sp³-hybridized carbons (Fsp3) is 0.360. The molecule has 168 valence electrons. The lowest BCUT2D eigenvalue weighted by Gasteiger charge is -2.39. The van der Waals surface area contributed by atoms with Crippen molar-refractivity contribution < 1.29 is 0 Å². The zero-order chi connectivity index (χ0) is 22.4. The zero-order valence-corrected chi connectivity index (χ0v) is 18.3. The second-order valence-electron chi connectivity index (χ2n) is 9.11. The van der Waals surface area contributed by atoms with Crippen molar-refractivity contribution in [3.05, 3.63) is 87.6 Å². The van der Waals surface area contributed by atoms with E-state index in [9.17, 15) is 9.59 Å². The van der Waals surface area contributed by atoms with E-state index in [1.165, 1.54) is 23.0 Å². The Kier molecular flexibility index (Phi) is 4.95. The molecule has 2 aliphatic heterocycles. The van der Waals surface area contributed by atoms with Crippen molar-refractivity contribution in [2.24, 2.45) is 0 Å². The molecule has 0 saturated carbocycles. The smallest absolute Gasteiger partial charge is 0.313 e. The summed E-state index contributed by atoms with van der Waals surface area (Å²) in [5.74, 6) is 0. The van der Waals surface area contributed by atoms with Crippen molar-refractivity contribution in [2.75, 3.05) is 6.54 Å². The molecule has 6 rings (SSSR count). The van der Waals surface area contributed by atoms with Gasteiger partial charge in [0.2, 0.25) is 0 Å².